The minimum atomic E-state index is 0.103. The summed E-state index contributed by atoms with van der Waals surface area (Å²) in [6.45, 7) is 1.81. The van der Waals surface area contributed by atoms with Crippen molar-refractivity contribution in [2.45, 2.75) is 31.7 Å². The molecule has 3 heterocycles. The average molecular weight is 405 g/mol. The Labute approximate surface area is 174 Å². The van der Waals surface area contributed by atoms with Crippen LogP contribution in [-0.4, -0.2) is 41.3 Å². The van der Waals surface area contributed by atoms with Gasteiger partial charge in [0.1, 0.15) is 23.1 Å². The molecule has 0 atom stereocenters. The van der Waals surface area contributed by atoms with Crippen LogP contribution < -0.4 is 21.1 Å². The second-order valence-corrected chi connectivity index (χ2v) is 7.91. The van der Waals surface area contributed by atoms with Crippen LogP contribution >= 0.6 is 0 Å². The molecule has 0 unspecified atom stereocenters. The zero-order valence-electron chi connectivity index (χ0n) is 16.9. The van der Waals surface area contributed by atoms with E-state index in [2.05, 4.69) is 20.3 Å². The number of benzene rings is 1. The first-order valence-electron chi connectivity index (χ1n) is 10.2. The smallest absolute Gasteiger partial charge is 0.303 e. The highest BCUT2D eigenvalue weighted by Crippen LogP contribution is 2.41. The molecule has 154 valence electrons. The number of fused-ring (bicyclic) bond motifs is 2. The maximum absolute atomic E-state index is 8.52. The lowest BCUT2D eigenvalue weighted by atomic mass is 9.73. The van der Waals surface area contributed by atoms with Gasteiger partial charge in [0.25, 0.3) is 0 Å². The third-order valence-electron chi connectivity index (χ3n) is 5.98. The number of aliphatic imine (C=N–C) groups is 2. The normalized spacial score (nSPS) is 23.8. The number of para-hydroxylation sites is 1. The number of methoxy groups -OCH3 is 1. The molecule has 0 amide bonds. The van der Waals surface area contributed by atoms with Crippen LogP contribution in [0.2, 0.25) is 0 Å². The van der Waals surface area contributed by atoms with E-state index in [0.29, 0.717) is 35.0 Å². The van der Waals surface area contributed by atoms with E-state index in [1.54, 1.807) is 12.4 Å². The van der Waals surface area contributed by atoms with Gasteiger partial charge in [-0.2, -0.15) is 9.98 Å². The van der Waals surface area contributed by atoms with Crippen LogP contribution in [0.5, 0.6) is 5.75 Å². The fourth-order valence-electron chi connectivity index (χ4n) is 4.20. The number of nitrogens with one attached hydrogen (secondary N) is 2. The Morgan fingerprint density at radius 3 is 3.07 bits per heavy atom. The van der Waals surface area contributed by atoms with Gasteiger partial charge in [-0.15, -0.1) is 0 Å². The number of aromatic nitrogens is 2. The van der Waals surface area contributed by atoms with E-state index in [1.165, 1.54) is 5.56 Å². The highest BCUT2D eigenvalue weighted by molar-refractivity contribution is 6.09. The van der Waals surface area contributed by atoms with Gasteiger partial charge in [0.05, 0.1) is 12.7 Å². The number of nitrogens with two attached hydrogens (primary N) is 2. The molecule has 1 aliphatic carbocycles. The summed E-state index contributed by atoms with van der Waals surface area (Å²) in [6.07, 6.45) is 4.60. The molecule has 9 nitrogen and oxygen atoms in total. The minimum absolute atomic E-state index is 0.103. The first-order chi connectivity index (χ1) is 14.6. The summed E-state index contributed by atoms with van der Waals surface area (Å²) in [5.74, 6) is 3.33. The van der Waals surface area contributed by atoms with Gasteiger partial charge in [-0.1, -0.05) is 6.07 Å². The lowest BCUT2D eigenvalue weighted by Gasteiger charge is -2.33. The largest absolute Gasteiger partial charge is 0.494 e. The second-order valence-electron chi connectivity index (χ2n) is 7.91. The summed E-state index contributed by atoms with van der Waals surface area (Å²) in [6, 6.07) is 5.66. The first kappa shape index (κ1) is 18.8. The van der Waals surface area contributed by atoms with Crippen LogP contribution in [0.15, 0.2) is 34.4 Å². The molecule has 1 aromatic carbocycles. The van der Waals surface area contributed by atoms with Crippen LogP contribution in [0, 0.1) is 11.3 Å². The molecule has 5 rings (SSSR count). The third kappa shape index (κ3) is 3.35. The van der Waals surface area contributed by atoms with Crippen molar-refractivity contribution in [2.24, 2.45) is 21.6 Å². The Hall–Kier alpha value is -3.17. The summed E-state index contributed by atoms with van der Waals surface area (Å²) in [5.41, 5.74) is 9.83. The van der Waals surface area contributed by atoms with Crippen molar-refractivity contribution in [3.63, 3.8) is 0 Å². The van der Waals surface area contributed by atoms with E-state index in [9.17, 15) is 0 Å². The number of quaternary nitrogens is 1. The Morgan fingerprint density at radius 1 is 1.37 bits per heavy atom. The van der Waals surface area contributed by atoms with Crippen molar-refractivity contribution in [3.05, 3.63) is 47.0 Å². The predicted octanol–water partition coefficient (Wildman–Crippen LogP) is 0.572. The topological polar surface area (TPSA) is 138 Å². The molecular weight excluding hydrogens is 380 g/mol. The second kappa shape index (κ2) is 7.58. The summed E-state index contributed by atoms with van der Waals surface area (Å²) in [5, 5.41) is 13.6. The van der Waals surface area contributed by atoms with E-state index in [0.717, 1.165) is 49.4 Å². The summed E-state index contributed by atoms with van der Waals surface area (Å²) in [4.78, 5) is 18.4. The molecule has 0 saturated heterocycles. The van der Waals surface area contributed by atoms with Crippen molar-refractivity contribution >= 4 is 23.3 Å². The van der Waals surface area contributed by atoms with Gasteiger partial charge in [0.2, 0.25) is 5.84 Å². The molecule has 0 bridgehead atoms. The standard InChI is InChI=1S/C21H24N8O/c1-30-16-4-2-3-14-17(16)27-21(23)29-20(14)28-18(22)11-7-12(8-11)19-25-10-13-9-24-6-5-15(13)26-19/h2-4,10-12,24H,5-9H2,1H3,(H4,22,23,27,28,29)/p+1. The highest BCUT2D eigenvalue weighted by Gasteiger charge is 2.36. The van der Waals surface area contributed by atoms with Gasteiger partial charge in [-0.3, -0.25) is 5.41 Å². The minimum Gasteiger partial charge on any atom is -0.494 e. The van der Waals surface area contributed by atoms with Crippen molar-refractivity contribution in [3.8, 4) is 5.75 Å². The average Bonchev–Trinajstić information content (AvgIpc) is 2.72. The van der Waals surface area contributed by atoms with Gasteiger partial charge in [0.15, 0.2) is 0 Å². The molecule has 30 heavy (non-hydrogen) atoms. The molecule has 1 fully saturated rings. The van der Waals surface area contributed by atoms with E-state index >= 15 is 0 Å². The zero-order valence-corrected chi connectivity index (χ0v) is 16.9. The first-order valence-corrected chi connectivity index (χ1v) is 10.2. The van der Waals surface area contributed by atoms with Gasteiger partial charge >= 0.3 is 5.96 Å². The Bertz CT molecular complexity index is 1070. The molecule has 1 saturated carbocycles. The molecule has 9 heteroatoms. The number of guanidine groups is 1. The van der Waals surface area contributed by atoms with Crippen molar-refractivity contribution in [2.75, 3.05) is 13.7 Å². The van der Waals surface area contributed by atoms with E-state index < -0.39 is 0 Å². The molecule has 2 aliphatic heterocycles. The monoisotopic (exact) mass is 405 g/mol. The number of hydrogen-bond donors (Lipinski definition) is 4. The third-order valence-corrected chi connectivity index (χ3v) is 5.98. The number of hydrogen-bond acceptors (Lipinski definition) is 7. The maximum Gasteiger partial charge on any atom is 0.303 e. The van der Waals surface area contributed by atoms with Gasteiger partial charge < -0.3 is 15.8 Å². The molecular formula is C21H25N8O+. The van der Waals surface area contributed by atoms with Gasteiger partial charge in [-0.05, 0) is 25.0 Å². The molecule has 3 aliphatic rings. The fraction of sp³-hybridized carbons (Fsp3) is 0.381. The Kier molecular flexibility index (Phi) is 4.76. The van der Waals surface area contributed by atoms with Crippen LogP contribution in [0.1, 0.15) is 41.4 Å². The van der Waals surface area contributed by atoms with E-state index in [4.69, 9.17) is 20.9 Å². The lowest BCUT2D eigenvalue weighted by Crippen LogP contribution is -2.95. The van der Waals surface area contributed by atoms with Gasteiger partial charge in [-0.25, -0.2) is 15.3 Å². The number of nitrogens with zero attached hydrogens (tertiary/aromatic N) is 4. The number of rotatable bonds is 3. The van der Waals surface area contributed by atoms with Crippen LogP contribution in [0.25, 0.3) is 0 Å². The van der Waals surface area contributed by atoms with Crippen molar-refractivity contribution < 1.29 is 10.1 Å². The Morgan fingerprint density at radius 2 is 2.23 bits per heavy atom. The fourth-order valence-corrected chi connectivity index (χ4v) is 4.20. The van der Waals surface area contributed by atoms with Crippen LogP contribution in [0.4, 0.5) is 5.69 Å². The van der Waals surface area contributed by atoms with E-state index in [-0.39, 0.29) is 5.92 Å². The summed E-state index contributed by atoms with van der Waals surface area (Å²) in [7, 11) is 1.60. The molecule has 0 radical (unpaired) electrons. The lowest BCUT2D eigenvalue weighted by molar-refractivity contribution is -0.409. The Balaban J connectivity index is 1.31. The molecule has 1 aromatic heterocycles. The van der Waals surface area contributed by atoms with Crippen LogP contribution in [-0.2, 0) is 13.0 Å². The van der Waals surface area contributed by atoms with Crippen molar-refractivity contribution in [1.82, 2.24) is 15.3 Å². The number of ether oxygens (including phenoxy) is 1. The molecule has 2 aromatic rings. The van der Waals surface area contributed by atoms with Crippen molar-refractivity contribution in [1.29, 1.82) is 5.41 Å². The zero-order chi connectivity index (χ0) is 20.7. The quantitative estimate of drug-likeness (QED) is 0.437. The summed E-state index contributed by atoms with van der Waals surface area (Å²) >= 11 is 0. The SMILES string of the molecule is COc1cccc2c1N=C(N)[NH2+]C2=NC(=N)C1CC(c2ncc3c(n2)CCNC3)C1. The van der Waals surface area contributed by atoms with Crippen LogP contribution in [0.3, 0.4) is 0 Å². The highest BCUT2D eigenvalue weighted by atomic mass is 16.5. The number of amidine groups is 2. The maximum atomic E-state index is 8.52. The molecule has 6 N–H and O–H groups in total. The predicted molar refractivity (Wildman–Crippen MR) is 113 cm³/mol. The molecule has 0 spiro atoms. The van der Waals surface area contributed by atoms with Gasteiger partial charge in [0, 0.05) is 48.8 Å². The van der Waals surface area contributed by atoms with E-state index in [1.807, 2.05) is 24.4 Å². The summed E-state index contributed by atoms with van der Waals surface area (Å²) < 4.78 is 5.39.